The Hall–Kier alpha value is -2.98. The number of hydrogen-bond acceptors (Lipinski definition) is 7. The van der Waals surface area contributed by atoms with Crippen LogP contribution in [0.4, 0.5) is 17.5 Å². The molecular formula is C15H17N7O2S. The fraction of sp³-hybridized carbons (Fsp3) is 0.133. The topological polar surface area (TPSA) is 139 Å². The van der Waals surface area contributed by atoms with Gasteiger partial charge >= 0.3 is 0 Å². The lowest BCUT2D eigenvalue weighted by atomic mass is 10.3. The second-order valence-corrected chi connectivity index (χ2v) is 6.76. The summed E-state index contributed by atoms with van der Waals surface area (Å²) >= 11 is 0. The first-order valence-corrected chi connectivity index (χ1v) is 9.00. The molecule has 0 bridgehead atoms. The number of rotatable bonds is 7. The minimum Gasteiger partial charge on any atom is -0.370 e. The Kier molecular flexibility index (Phi) is 4.91. The van der Waals surface area contributed by atoms with Gasteiger partial charge in [-0.1, -0.05) is 0 Å². The molecule has 3 rings (SSSR count). The van der Waals surface area contributed by atoms with Crippen molar-refractivity contribution in [1.82, 2.24) is 19.9 Å². The van der Waals surface area contributed by atoms with E-state index in [1.165, 1.54) is 12.1 Å². The Morgan fingerprint density at radius 2 is 1.92 bits per heavy atom. The number of aromatic amines is 1. The first-order chi connectivity index (χ1) is 12.0. The molecule has 0 amide bonds. The Balaban J connectivity index is 1.61. The van der Waals surface area contributed by atoms with Gasteiger partial charge in [-0.25, -0.2) is 23.5 Å². The first kappa shape index (κ1) is 16.9. The highest BCUT2D eigenvalue weighted by Gasteiger charge is 2.07. The molecule has 1 aromatic carbocycles. The third-order valence-electron chi connectivity index (χ3n) is 3.34. The average molecular weight is 359 g/mol. The molecule has 0 aliphatic heterocycles. The number of H-pyrrole nitrogens is 1. The molecule has 0 saturated carbocycles. The number of hydrogen-bond donors (Lipinski definition) is 4. The highest BCUT2D eigenvalue weighted by atomic mass is 32.2. The fourth-order valence-electron chi connectivity index (χ4n) is 2.12. The van der Waals surface area contributed by atoms with Gasteiger partial charge < -0.3 is 15.6 Å². The molecule has 0 aliphatic carbocycles. The number of sulfonamides is 1. The third-order valence-corrected chi connectivity index (χ3v) is 4.27. The number of primary sulfonamides is 1. The van der Waals surface area contributed by atoms with E-state index in [2.05, 4.69) is 30.6 Å². The van der Waals surface area contributed by atoms with Gasteiger partial charge in [-0.2, -0.15) is 4.98 Å². The van der Waals surface area contributed by atoms with Crippen LogP contribution in [0.25, 0.3) is 0 Å². The normalized spacial score (nSPS) is 11.2. The fourth-order valence-corrected chi connectivity index (χ4v) is 2.64. The summed E-state index contributed by atoms with van der Waals surface area (Å²) in [5.74, 6) is 1.07. The Labute approximate surface area is 144 Å². The monoisotopic (exact) mass is 359 g/mol. The molecular weight excluding hydrogens is 342 g/mol. The zero-order valence-electron chi connectivity index (χ0n) is 13.2. The van der Waals surface area contributed by atoms with Crippen LogP contribution in [0, 0.1) is 0 Å². The van der Waals surface area contributed by atoms with Crippen molar-refractivity contribution in [2.45, 2.75) is 11.3 Å². The predicted molar refractivity (Wildman–Crippen MR) is 93.9 cm³/mol. The van der Waals surface area contributed by atoms with Crippen molar-refractivity contribution >= 4 is 27.5 Å². The lowest BCUT2D eigenvalue weighted by molar-refractivity contribution is 0.598. The van der Waals surface area contributed by atoms with Gasteiger partial charge in [0.2, 0.25) is 16.0 Å². The summed E-state index contributed by atoms with van der Waals surface area (Å²) in [6.45, 7) is 0.685. The Morgan fingerprint density at radius 1 is 1.12 bits per heavy atom. The number of nitrogens with zero attached hydrogens (tertiary/aromatic N) is 3. The molecule has 25 heavy (non-hydrogen) atoms. The smallest absolute Gasteiger partial charge is 0.238 e. The quantitative estimate of drug-likeness (QED) is 0.498. The number of nitrogens with one attached hydrogen (secondary N) is 3. The summed E-state index contributed by atoms with van der Waals surface area (Å²) < 4.78 is 22.5. The molecule has 9 nitrogen and oxygen atoms in total. The lowest BCUT2D eigenvalue weighted by Crippen LogP contribution is -2.12. The van der Waals surface area contributed by atoms with Crippen molar-refractivity contribution in [2.75, 3.05) is 17.2 Å². The molecule has 0 spiro atoms. The van der Waals surface area contributed by atoms with Crippen LogP contribution in [-0.2, 0) is 16.4 Å². The molecule has 5 N–H and O–H groups in total. The summed E-state index contributed by atoms with van der Waals surface area (Å²) in [5.41, 5.74) is 1.62. The van der Waals surface area contributed by atoms with E-state index in [4.69, 9.17) is 5.14 Å². The zero-order chi connectivity index (χ0) is 17.7. The third kappa shape index (κ3) is 4.75. The molecule has 0 radical (unpaired) electrons. The van der Waals surface area contributed by atoms with Crippen LogP contribution in [-0.4, -0.2) is 34.9 Å². The maximum absolute atomic E-state index is 11.3. The zero-order valence-corrected chi connectivity index (χ0v) is 14.0. The van der Waals surface area contributed by atoms with Crippen LogP contribution in [0.2, 0.25) is 0 Å². The highest BCUT2D eigenvalue weighted by Crippen LogP contribution is 2.16. The number of aromatic nitrogens is 4. The molecule has 0 saturated heterocycles. The molecule has 0 unspecified atom stereocenters. The van der Waals surface area contributed by atoms with Crippen molar-refractivity contribution < 1.29 is 8.42 Å². The minimum absolute atomic E-state index is 0.0488. The minimum atomic E-state index is -3.70. The summed E-state index contributed by atoms with van der Waals surface area (Å²) in [4.78, 5) is 15.6. The SMILES string of the molecule is NS(=O)(=O)c1ccc(Nc2nccc(NCCc3c[nH]cn3)n2)cc1. The molecule has 0 fully saturated rings. The van der Waals surface area contributed by atoms with Gasteiger partial charge in [0.15, 0.2) is 0 Å². The lowest BCUT2D eigenvalue weighted by Gasteiger charge is -2.08. The molecule has 2 aromatic heterocycles. The van der Waals surface area contributed by atoms with Crippen molar-refractivity contribution in [1.29, 1.82) is 0 Å². The van der Waals surface area contributed by atoms with E-state index in [-0.39, 0.29) is 4.90 Å². The second-order valence-electron chi connectivity index (χ2n) is 5.20. The molecule has 10 heteroatoms. The van der Waals surface area contributed by atoms with Crippen molar-refractivity contribution in [2.24, 2.45) is 5.14 Å². The number of nitrogens with two attached hydrogens (primary N) is 1. The number of imidazole rings is 1. The van der Waals surface area contributed by atoms with Crippen molar-refractivity contribution in [3.63, 3.8) is 0 Å². The van der Waals surface area contributed by atoms with E-state index >= 15 is 0 Å². The summed E-state index contributed by atoms with van der Waals surface area (Å²) in [6.07, 6.45) is 5.89. The van der Waals surface area contributed by atoms with Crippen molar-refractivity contribution in [3.8, 4) is 0 Å². The molecule has 0 atom stereocenters. The molecule has 130 valence electrons. The van der Waals surface area contributed by atoms with Gasteiger partial charge in [0.1, 0.15) is 5.82 Å². The van der Waals surface area contributed by atoms with Crippen molar-refractivity contribution in [3.05, 3.63) is 54.7 Å². The summed E-state index contributed by atoms with van der Waals surface area (Å²) in [5, 5.41) is 11.3. The van der Waals surface area contributed by atoms with Gasteiger partial charge in [0, 0.05) is 31.0 Å². The van der Waals surface area contributed by atoms with Crippen LogP contribution in [0.1, 0.15) is 5.69 Å². The Bertz CT molecular complexity index is 925. The van der Waals surface area contributed by atoms with Gasteiger partial charge in [0.05, 0.1) is 16.9 Å². The van der Waals surface area contributed by atoms with Gasteiger partial charge in [0.25, 0.3) is 0 Å². The van der Waals surface area contributed by atoms with Crippen LogP contribution in [0.3, 0.4) is 0 Å². The standard InChI is InChI=1S/C15H17N7O2S/c16-25(23,24)13-3-1-11(2-4-13)21-15-19-8-6-14(22-15)18-7-5-12-9-17-10-20-12/h1-4,6,8-10H,5,7H2,(H,17,20)(H2,16,23,24)(H2,18,19,21,22). The Morgan fingerprint density at radius 3 is 2.60 bits per heavy atom. The number of anilines is 3. The van der Waals surface area contributed by atoms with E-state index in [0.29, 0.717) is 24.0 Å². The molecule has 0 aliphatic rings. The summed E-state index contributed by atoms with van der Waals surface area (Å²) in [6, 6.07) is 7.80. The average Bonchev–Trinajstić information content (AvgIpc) is 3.08. The van der Waals surface area contributed by atoms with Crippen LogP contribution in [0.15, 0.2) is 53.9 Å². The predicted octanol–water partition coefficient (Wildman–Crippen LogP) is 1.25. The maximum Gasteiger partial charge on any atom is 0.238 e. The largest absolute Gasteiger partial charge is 0.370 e. The van der Waals surface area contributed by atoms with Crippen LogP contribution >= 0.6 is 0 Å². The summed E-state index contributed by atoms with van der Waals surface area (Å²) in [7, 11) is -3.70. The van der Waals surface area contributed by atoms with E-state index in [1.54, 1.807) is 30.7 Å². The molecule has 3 aromatic rings. The van der Waals surface area contributed by atoms with E-state index in [9.17, 15) is 8.42 Å². The van der Waals surface area contributed by atoms with Crippen LogP contribution in [0.5, 0.6) is 0 Å². The van der Waals surface area contributed by atoms with Gasteiger partial charge in [-0.15, -0.1) is 0 Å². The van der Waals surface area contributed by atoms with Crippen LogP contribution < -0.4 is 15.8 Å². The number of benzene rings is 1. The first-order valence-electron chi connectivity index (χ1n) is 7.45. The highest BCUT2D eigenvalue weighted by molar-refractivity contribution is 7.89. The molecule has 2 heterocycles. The van der Waals surface area contributed by atoms with Gasteiger partial charge in [-0.3, -0.25) is 0 Å². The second kappa shape index (κ2) is 7.28. The van der Waals surface area contributed by atoms with Gasteiger partial charge in [-0.05, 0) is 30.3 Å². The van der Waals surface area contributed by atoms with E-state index in [0.717, 1.165) is 12.1 Å². The van der Waals surface area contributed by atoms with E-state index in [1.807, 2.05) is 6.20 Å². The van der Waals surface area contributed by atoms with E-state index < -0.39 is 10.0 Å². The maximum atomic E-state index is 11.3.